The monoisotopic (exact) mass is 929 g/mol. The van der Waals surface area contributed by atoms with E-state index < -0.39 is 25.5 Å². The van der Waals surface area contributed by atoms with Gasteiger partial charge in [0.15, 0.2) is 0 Å². The average molecular weight is 929 g/mol. The summed E-state index contributed by atoms with van der Waals surface area (Å²) >= 11 is 0. The van der Waals surface area contributed by atoms with Crippen molar-refractivity contribution in [3.05, 3.63) is 0 Å². The van der Waals surface area contributed by atoms with Crippen LogP contribution in [0.4, 0.5) is 0 Å². The maximum absolute atomic E-state index is 13.6. The second-order valence-electron chi connectivity index (χ2n) is 18.5. The molecule has 370 valence electrons. The molecule has 2 unspecified atom stereocenters. The fourth-order valence-corrected chi connectivity index (χ4v) is 10.8. The van der Waals surface area contributed by atoms with Gasteiger partial charge in [-0.1, -0.05) is 13.8 Å². The van der Waals surface area contributed by atoms with Crippen molar-refractivity contribution in [1.82, 2.24) is 0 Å². The number of quaternary nitrogens is 4. The van der Waals surface area contributed by atoms with Crippen molar-refractivity contribution < 1.29 is 80.9 Å². The number of nitrogens with zero attached hydrogens (tertiary/aromatic N) is 4. The Bertz CT molecular complexity index is 1090. The van der Waals surface area contributed by atoms with Crippen LogP contribution in [0.15, 0.2) is 0 Å². The van der Waals surface area contributed by atoms with Crippen LogP contribution in [0.25, 0.3) is 0 Å². The fraction of sp³-hybridized carbons (Fsp3) is 1.00. The Morgan fingerprint density at radius 3 is 0.705 bits per heavy atom. The maximum Gasteiger partial charge on any atom is 0.336 e. The van der Waals surface area contributed by atoms with Crippen molar-refractivity contribution >= 4 is 15.2 Å². The van der Waals surface area contributed by atoms with Crippen LogP contribution in [0.2, 0.25) is 0 Å². The Kier molecular flexibility index (Phi) is 32.7. The zero-order valence-electron chi connectivity index (χ0n) is 40.8. The minimum absolute atomic E-state index is 0.00595. The van der Waals surface area contributed by atoms with E-state index in [2.05, 4.69) is 27.7 Å². The number of hydrogen-bond acceptors (Lipinski definition) is 13. The van der Waals surface area contributed by atoms with E-state index in [1.54, 1.807) is 20.8 Å². The molecule has 0 aliphatic heterocycles. The molecule has 19 heteroatoms. The van der Waals surface area contributed by atoms with E-state index in [-0.39, 0.29) is 70.6 Å². The number of hydrogen-bond donors (Lipinski definition) is 7. The van der Waals surface area contributed by atoms with Crippen LogP contribution >= 0.6 is 15.2 Å². The van der Waals surface area contributed by atoms with Gasteiger partial charge in [0, 0.05) is 0 Å². The lowest BCUT2D eigenvalue weighted by Gasteiger charge is -2.39. The van der Waals surface area contributed by atoms with E-state index in [1.807, 2.05) is 27.7 Å². The van der Waals surface area contributed by atoms with Crippen molar-refractivity contribution in [2.75, 3.05) is 177 Å². The molecule has 0 radical (unpaired) electrons. The summed E-state index contributed by atoms with van der Waals surface area (Å²) in [6.45, 7) is 32.6. The Balaban J connectivity index is 0. The molecular formula is C42H98N4O13P2+4. The topological polar surface area (TPSA) is 213 Å². The predicted octanol–water partition coefficient (Wildman–Crippen LogP) is 3.12. The lowest BCUT2D eigenvalue weighted by molar-refractivity contribution is -0.929. The molecule has 61 heavy (non-hydrogen) atoms. The van der Waals surface area contributed by atoms with Crippen LogP contribution < -0.4 is 0 Å². The molecule has 0 bridgehead atoms. The molecule has 0 aliphatic carbocycles. The number of aliphatic hydroxyl groups is 7. The summed E-state index contributed by atoms with van der Waals surface area (Å²) in [5.41, 5.74) is 0. The zero-order chi connectivity index (χ0) is 47.3. The minimum atomic E-state index is -3.52. The second kappa shape index (κ2) is 31.7. The summed E-state index contributed by atoms with van der Waals surface area (Å²) < 4.78 is 53.1. The Morgan fingerprint density at radius 2 is 0.541 bits per heavy atom. The third-order valence-electron chi connectivity index (χ3n) is 12.4. The molecule has 0 saturated carbocycles. The molecule has 0 aromatic heterocycles. The van der Waals surface area contributed by atoms with Crippen molar-refractivity contribution in [2.45, 2.75) is 99.3 Å². The Hall–Kier alpha value is -0.140. The normalized spacial score (nSPS) is 15.3. The Morgan fingerprint density at radius 1 is 0.344 bits per heavy atom. The molecule has 0 rings (SSSR count). The number of aliphatic hydroxyl groups excluding tert-OH is 7. The van der Waals surface area contributed by atoms with Gasteiger partial charge in [-0.05, 0) is 75.2 Å². The molecule has 0 spiro atoms. The van der Waals surface area contributed by atoms with E-state index in [1.165, 1.54) is 0 Å². The quantitative estimate of drug-likeness (QED) is 0.0353. The van der Waals surface area contributed by atoms with Crippen LogP contribution in [-0.4, -0.2) is 241 Å². The molecular weight excluding hydrogens is 830 g/mol. The van der Waals surface area contributed by atoms with Crippen molar-refractivity contribution in [1.29, 1.82) is 0 Å². The van der Waals surface area contributed by atoms with Crippen LogP contribution in [0.3, 0.4) is 0 Å². The van der Waals surface area contributed by atoms with Gasteiger partial charge in [0.25, 0.3) is 0 Å². The minimum Gasteiger partial charge on any atom is -0.391 e. The highest BCUT2D eigenvalue weighted by Crippen LogP contribution is 2.60. The first-order valence-corrected chi connectivity index (χ1v) is 26.1. The third kappa shape index (κ3) is 22.3. The fourth-order valence-electron chi connectivity index (χ4n) is 7.86. The largest absolute Gasteiger partial charge is 0.391 e. The molecule has 0 aromatic carbocycles. The van der Waals surface area contributed by atoms with E-state index in [0.29, 0.717) is 81.0 Å². The predicted molar refractivity (Wildman–Crippen MR) is 245 cm³/mol. The summed E-state index contributed by atoms with van der Waals surface area (Å²) in [6.07, 6.45) is 1.83. The van der Waals surface area contributed by atoms with Gasteiger partial charge in [-0.25, -0.2) is 0 Å². The highest BCUT2D eigenvalue weighted by atomic mass is 31.2. The summed E-state index contributed by atoms with van der Waals surface area (Å²) in [5.74, 6) is 0. The zero-order valence-corrected chi connectivity index (χ0v) is 42.6. The van der Waals surface area contributed by atoms with Crippen LogP contribution in [0.5, 0.6) is 0 Å². The van der Waals surface area contributed by atoms with Gasteiger partial charge >= 0.3 is 15.2 Å². The van der Waals surface area contributed by atoms with Gasteiger partial charge in [0.05, 0.1) is 89.3 Å². The molecule has 0 amide bonds. The maximum atomic E-state index is 13.6. The molecule has 0 fully saturated rings. The van der Waals surface area contributed by atoms with Gasteiger partial charge in [-0.15, -0.1) is 0 Å². The third-order valence-corrected chi connectivity index (χ3v) is 17.8. The van der Waals surface area contributed by atoms with Crippen LogP contribution in [0.1, 0.15) is 89.0 Å². The van der Waals surface area contributed by atoms with E-state index in [4.69, 9.17) is 18.1 Å². The van der Waals surface area contributed by atoms with Gasteiger partial charge in [0.1, 0.15) is 98.4 Å². The van der Waals surface area contributed by atoms with Crippen molar-refractivity contribution in [3.63, 3.8) is 0 Å². The molecule has 0 aliphatic rings. The summed E-state index contributed by atoms with van der Waals surface area (Å²) in [5, 5.41) is 64.9. The summed E-state index contributed by atoms with van der Waals surface area (Å²) in [4.78, 5) is 0. The van der Waals surface area contributed by atoms with Gasteiger partial charge in [-0.3, -0.25) is 9.13 Å². The second-order valence-corrected chi connectivity index (χ2v) is 24.2. The first-order valence-electron chi connectivity index (χ1n) is 23.0. The van der Waals surface area contributed by atoms with Gasteiger partial charge in [-0.2, -0.15) is 0 Å². The standard InChI is InChI=1S/C21H49N2O8P.C21H49N2O5P/c1-5-6-22(7-14-24,8-15-25)12-19-30-32(29,21(2,3)4)31-20-13-23(9-16-26,10-17-27)11-18-28;1-8-12-23(13-17-24,14-18-25)16-20-28-29(26,21(5,6)7)27-19-15-22(9-2,10-3)11-4/h24-28H,5-20H2,1-4H3;24-25H,8-20H2,1-7H3/q2*+2. The van der Waals surface area contributed by atoms with E-state index >= 15 is 0 Å². The molecule has 7 N–H and O–H groups in total. The SMILES string of the molecule is CCC[N+](CCO)(CCO)CCOP(=O)(OCC[N+](CC)(CC)CC)C(C)(C)C.CCC[N+](CCO)(CCO)CCOP(=O)(OCC[N+](CCO)(CCO)CCO)C(C)(C)C. The molecule has 0 heterocycles. The van der Waals surface area contributed by atoms with E-state index in [0.717, 1.165) is 56.6 Å². The van der Waals surface area contributed by atoms with Crippen molar-refractivity contribution in [2.24, 2.45) is 0 Å². The van der Waals surface area contributed by atoms with Crippen LogP contribution in [0, 0.1) is 0 Å². The van der Waals surface area contributed by atoms with Crippen LogP contribution in [-0.2, 0) is 27.2 Å². The number of rotatable bonds is 37. The van der Waals surface area contributed by atoms with Gasteiger partial charge in [0.2, 0.25) is 0 Å². The van der Waals surface area contributed by atoms with Gasteiger partial charge < -0.3 is 71.8 Å². The average Bonchev–Trinajstić information content (AvgIpc) is 3.17. The molecule has 2 atom stereocenters. The molecule has 17 nitrogen and oxygen atoms in total. The lowest BCUT2D eigenvalue weighted by Crippen LogP contribution is -2.55. The molecule has 0 aromatic rings. The lowest BCUT2D eigenvalue weighted by atomic mass is 10.3. The highest BCUT2D eigenvalue weighted by Gasteiger charge is 2.43. The van der Waals surface area contributed by atoms with E-state index in [9.17, 15) is 44.9 Å². The Labute approximate surface area is 372 Å². The summed E-state index contributed by atoms with van der Waals surface area (Å²) in [7, 11) is -6.83. The smallest absolute Gasteiger partial charge is 0.336 e. The number of likely N-dealkylation sites (N-methyl/N-ethyl adjacent to an activating group) is 1. The molecule has 0 saturated heterocycles. The highest BCUT2D eigenvalue weighted by molar-refractivity contribution is 7.55. The first kappa shape index (κ1) is 62.9. The van der Waals surface area contributed by atoms with Crippen molar-refractivity contribution in [3.8, 4) is 0 Å². The summed E-state index contributed by atoms with van der Waals surface area (Å²) in [6, 6.07) is 0. The first-order chi connectivity index (χ1) is 28.6.